The quantitative estimate of drug-likeness (QED) is 0.435. The van der Waals surface area contributed by atoms with Crippen LogP contribution in [-0.4, -0.2) is 51.6 Å². The number of pyridine rings is 1. The molecule has 0 atom stereocenters. The summed E-state index contributed by atoms with van der Waals surface area (Å²) in [5.74, 6) is 0.480. The van der Waals surface area contributed by atoms with Gasteiger partial charge in [0.15, 0.2) is 5.65 Å². The first-order valence-corrected chi connectivity index (χ1v) is 10.2. The second-order valence-corrected chi connectivity index (χ2v) is 7.79. The minimum absolute atomic E-state index is 0.00737. The number of nitrogens with one attached hydrogen (secondary N) is 2. The summed E-state index contributed by atoms with van der Waals surface area (Å²) in [5.41, 5.74) is 6.51. The first kappa shape index (κ1) is 19.1. The van der Waals surface area contributed by atoms with Gasteiger partial charge in [-0.15, -0.1) is 10.1 Å². The van der Waals surface area contributed by atoms with Crippen LogP contribution in [0.1, 0.15) is 18.4 Å². The van der Waals surface area contributed by atoms with Crippen molar-refractivity contribution in [2.24, 2.45) is 5.92 Å². The Morgan fingerprint density at radius 3 is 2.73 bits per heavy atom. The van der Waals surface area contributed by atoms with Gasteiger partial charge < -0.3 is 0 Å². The van der Waals surface area contributed by atoms with Crippen LogP contribution in [-0.2, 0) is 21.2 Å². The van der Waals surface area contributed by atoms with E-state index in [0.717, 1.165) is 49.2 Å². The van der Waals surface area contributed by atoms with Gasteiger partial charge in [0.25, 0.3) is 0 Å². The lowest BCUT2D eigenvalue weighted by Crippen LogP contribution is -2.51. The monoisotopic (exact) mass is 408 g/mol. The van der Waals surface area contributed by atoms with Crippen molar-refractivity contribution in [1.29, 1.82) is 0 Å². The Hall–Kier alpha value is -2.85. The normalized spacial score (nSPS) is 17.2. The Labute approximate surface area is 173 Å². The molecule has 156 valence electrons. The fraction of sp³-hybridized carbons (Fsp3) is 0.381. The van der Waals surface area contributed by atoms with Gasteiger partial charge in [-0.25, -0.2) is 9.40 Å². The van der Waals surface area contributed by atoms with Crippen LogP contribution in [0.5, 0.6) is 0 Å². The van der Waals surface area contributed by atoms with Gasteiger partial charge in [0.2, 0.25) is 11.9 Å². The minimum atomic E-state index is 0.00737. The molecule has 0 bridgehead atoms. The summed E-state index contributed by atoms with van der Waals surface area (Å²) in [7, 11) is 1.67. The average Bonchev–Trinajstić information content (AvgIpc) is 3.50. The number of nitrogens with zero attached hydrogens (tertiary/aromatic N) is 4. The van der Waals surface area contributed by atoms with Gasteiger partial charge in [-0.1, -0.05) is 24.3 Å². The number of hydrogen-bond acceptors (Lipinski definition) is 7. The molecule has 3 heterocycles. The molecule has 2 N–H and O–H groups in total. The SMILES string of the molecule is CNOOC1CN(Cc2ccc(-c3cccn4nc(NC(=O)C5CC5)nc34)cc2)C1. The number of carbonyl (C=O) groups excluding carboxylic acids is 1. The fourth-order valence-corrected chi connectivity index (χ4v) is 3.62. The van der Waals surface area contributed by atoms with E-state index >= 15 is 0 Å². The molecule has 2 fully saturated rings. The van der Waals surface area contributed by atoms with Crippen LogP contribution in [0.25, 0.3) is 16.8 Å². The Bertz CT molecular complexity index is 1040. The summed E-state index contributed by atoms with van der Waals surface area (Å²) >= 11 is 0. The van der Waals surface area contributed by atoms with Gasteiger partial charge in [-0.2, -0.15) is 10.5 Å². The van der Waals surface area contributed by atoms with E-state index in [-0.39, 0.29) is 17.9 Å². The number of hydrogen-bond donors (Lipinski definition) is 2. The Morgan fingerprint density at radius 1 is 1.20 bits per heavy atom. The lowest BCUT2D eigenvalue weighted by Gasteiger charge is -2.37. The van der Waals surface area contributed by atoms with E-state index in [2.05, 4.69) is 50.0 Å². The second-order valence-electron chi connectivity index (χ2n) is 7.79. The highest BCUT2D eigenvalue weighted by atomic mass is 17.3. The molecule has 1 saturated heterocycles. The molecular weight excluding hydrogens is 384 g/mol. The Morgan fingerprint density at radius 2 is 2.00 bits per heavy atom. The third-order valence-corrected chi connectivity index (χ3v) is 5.41. The van der Waals surface area contributed by atoms with E-state index in [4.69, 9.17) is 9.88 Å². The third kappa shape index (κ3) is 4.05. The number of amides is 1. The molecule has 9 nitrogen and oxygen atoms in total. The summed E-state index contributed by atoms with van der Waals surface area (Å²) in [4.78, 5) is 28.8. The van der Waals surface area contributed by atoms with Crippen LogP contribution >= 0.6 is 0 Å². The van der Waals surface area contributed by atoms with Crippen LogP contribution in [0.4, 0.5) is 5.95 Å². The topological polar surface area (TPSA) is 93.0 Å². The number of anilines is 1. The molecule has 1 aliphatic carbocycles. The molecule has 1 saturated carbocycles. The number of likely N-dealkylation sites (tertiary alicyclic amines) is 1. The van der Waals surface area contributed by atoms with Crippen LogP contribution in [0.15, 0.2) is 42.6 Å². The summed E-state index contributed by atoms with van der Waals surface area (Å²) in [6.45, 7) is 2.56. The van der Waals surface area contributed by atoms with E-state index < -0.39 is 0 Å². The van der Waals surface area contributed by atoms with Gasteiger partial charge in [-0.3, -0.25) is 15.0 Å². The Kier molecular flexibility index (Phi) is 5.17. The van der Waals surface area contributed by atoms with Gasteiger partial charge in [0.05, 0.1) is 0 Å². The zero-order chi connectivity index (χ0) is 20.5. The van der Waals surface area contributed by atoms with Gasteiger partial charge in [0, 0.05) is 44.4 Å². The largest absolute Gasteiger partial charge is 0.294 e. The van der Waals surface area contributed by atoms with Gasteiger partial charge in [-0.05, 0) is 36.1 Å². The van der Waals surface area contributed by atoms with Crippen molar-refractivity contribution in [1.82, 2.24) is 25.0 Å². The van der Waals surface area contributed by atoms with E-state index in [9.17, 15) is 4.79 Å². The molecule has 2 aromatic heterocycles. The molecule has 9 heteroatoms. The molecule has 2 aliphatic rings. The number of benzene rings is 1. The van der Waals surface area contributed by atoms with Gasteiger partial charge in [0.1, 0.15) is 6.10 Å². The zero-order valence-corrected chi connectivity index (χ0v) is 16.7. The maximum Gasteiger partial charge on any atom is 0.249 e. The van der Waals surface area contributed by atoms with E-state index in [0.29, 0.717) is 5.95 Å². The predicted molar refractivity (Wildman–Crippen MR) is 110 cm³/mol. The molecule has 5 rings (SSSR count). The molecular formula is C21H24N6O3. The third-order valence-electron chi connectivity index (χ3n) is 5.41. The summed E-state index contributed by atoms with van der Waals surface area (Å²) < 4.78 is 1.71. The number of rotatable bonds is 8. The molecule has 1 aliphatic heterocycles. The van der Waals surface area contributed by atoms with Crippen LogP contribution in [0.2, 0.25) is 0 Å². The maximum absolute atomic E-state index is 12.0. The highest BCUT2D eigenvalue weighted by molar-refractivity contribution is 5.93. The van der Waals surface area contributed by atoms with Crippen molar-refractivity contribution in [3.8, 4) is 11.1 Å². The fourth-order valence-electron chi connectivity index (χ4n) is 3.62. The maximum atomic E-state index is 12.0. The van der Waals surface area contributed by atoms with Crippen LogP contribution in [0, 0.1) is 5.92 Å². The van der Waals surface area contributed by atoms with Crippen molar-refractivity contribution >= 4 is 17.5 Å². The van der Waals surface area contributed by atoms with Crippen molar-refractivity contribution in [2.45, 2.75) is 25.5 Å². The van der Waals surface area contributed by atoms with E-state index in [1.807, 2.05) is 18.3 Å². The van der Waals surface area contributed by atoms with Crippen LogP contribution < -0.4 is 10.8 Å². The van der Waals surface area contributed by atoms with Crippen molar-refractivity contribution in [2.75, 3.05) is 25.5 Å². The zero-order valence-electron chi connectivity index (χ0n) is 16.7. The minimum Gasteiger partial charge on any atom is -0.294 e. The number of hydroxylamine groups is 1. The highest BCUT2D eigenvalue weighted by Gasteiger charge is 2.30. The van der Waals surface area contributed by atoms with Crippen LogP contribution in [0.3, 0.4) is 0 Å². The molecule has 1 amide bonds. The molecule has 30 heavy (non-hydrogen) atoms. The molecule has 0 unspecified atom stereocenters. The van der Waals surface area contributed by atoms with Crippen molar-refractivity contribution in [3.05, 3.63) is 48.2 Å². The van der Waals surface area contributed by atoms with Crippen molar-refractivity contribution < 1.29 is 14.7 Å². The predicted octanol–water partition coefficient (Wildman–Crippen LogP) is 2.01. The number of carbonyl (C=O) groups is 1. The lowest BCUT2D eigenvalue weighted by atomic mass is 10.0. The molecule has 0 radical (unpaired) electrons. The molecule has 3 aromatic rings. The summed E-state index contributed by atoms with van der Waals surface area (Å²) in [6, 6.07) is 12.4. The van der Waals surface area contributed by atoms with Gasteiger partial charge >= 0.3 is 0 Å². The average molecular weight is 408 g/mol. The van der Waals surface area contributed by atoms with Crippen molar-refractivity contribution in [3.63, 3.8) is 0 Å². The Balaban J connectivity index is 1.27. The molecule has 0 spiro atoms. The number of fused-ring (bicyclic) bond motifs is 1. The first-order chi connectivity index (χ1) is 14.7. The first-order valence-electron chi connectivity index (χ1n) is 10.2. The number of aromatic nitrogens is 3. The lowest BCUT2D eigenvalue weighted by molar-refractivity contribution is -0.374. The smallest absolute Gasteiger partial charge is 0.249 e. The van der Waals surface area contributed by atoms with E-state index in [1.54, 1.807) is 11.6 Å². The summed E-state index contributed by atoms with van der Waals surface area (Å²) in [5, 5.41) is 7.21. The highest BCUT2D eigenvalue weighted by Crippen LogP contribution is 2.30. The van der Waals surface area contributed by atoms with E-state index in [1.165, 1.54) is 5.56 Å². The standard InChI is InChI=1S/C21H24N6O3/c1-22-30-29-17-12-26(13-17)11-14-4-6-15(7-5-14)18-3-2-10-27-19(18)23-21(25-27)24-20(28)16-8-9-16/h2-7,10,16-17,22H,8-9,11-13H2,1H3,(H,24,25,28). The molecule has 1 aromatic carbocycles. The summed E-state index contributed by atoms with van der Waals surface area (Å²) in [6.07, 6.45) is 3.85. The second kappa shape index (κ2) is 8.11.